The Balaban J connectivity index is 1.73. The van der Waals surface area contributed by atoms with Crippen LogP contribution in [-0.2, 0) is 14.3 Å². The van der Waals surface area contributed by atoms with E-state index in [9.17, 15) is 14.7 Å². The first-order chi connectivity index (χ1) is 11.8. The maximum absolute atomic E-state index is 12.7. The lowest BCUT2D eigenvalue weighted by Crippen LogP contribution is -2.60. The zero-order chi connectivity index (χ0) is 18.0. The van der Waals surface area contributed by atoms with Gasteiger partial charge in [-0.25, -0.2) is 0 Å². The molecule has 4 rings (SSSR count). The SMILES string of the molecule is CC(=O)OC1CC2(C)C(=O)CCC2C2CCC3CC(O)CCC3(C)C12. The minimum atomic E-state index is -0.307. The molecule has 8 unspecified atom stereocenters. The molecular weight excluding hydrogens is 316 g/mol. The largest absolute Gasteiger partial charge is 0.462 e. The predicted molar refractivity (Wildman–Crippen MR) is 93.7 cm³/mol. The second-order valence-electron chi connectivity index (χ2n) is 9.74. The van der Waals surface area contributed by atoms with Crippen LogP contribution < -0.4 is 0 Å². The standard InChI is InChI=1S/C21H32O4/c1-12(22)25-17-11-21(3)16(6-7-18(21)24)15-5-4-13-10-14(23)8-9-20(13,2)19(15)17/h13-17,19,23H,4-11H2,1-3H3. The van der Waals surface area contributed by atoms with Gasteiger partial charge in [-0.15, -0.1) is 0 Å². The summed E-state index contributed by atoms with van der Waals surface area (Å²) in [7, 11) is 0. The van der Waals surface area contributed by atoms with Gasteiger partial charge < -0.3 is 9.84 Å². The summed E-state index contributed by atoms with van der Waals surface area (Å²) in [5.41, 5.74) is -0.187. The number of ether oxygens (including phenoxy) is 1. The highest BCUT2D eigenvalue weighted by Crippen LogP contribution is 2.65. The number of fused-ring (bicyclic) bond motifs is 5. The molecule has 0 aromatic carbocycles. The van der Waals surface area contributed by atoms with Crippen LogP contribution in [0.1, 0.15) is 72.1 Å². The molecule has 0 amide bonds. The quantitative estimate of drug-likeness (QED) is 0.737. The predicted octanol–water partition coefficient (Wildman–Crippen LogP) is 3.50. The van der Waals surface area contributed by atoms with Crippen LogP contribution >= 0.6 is 0 Å². The summed E-state index contributed by atoms with van der Waals surface area (Å²) < 4.78 is 5.87. The second-order valence-corrected chi connectivity index (χ2v) is 9.74. The first-order valence-electron chi connectivity index (χ1n) is 10.1. The minimum Gasteiger partial charge on any atom is -0.462 e. The van der Waals surface area contributed by atoms with Crippen LogP contribution in [0.15, 0.2) is 0 Å². The van der Waals surface area contributed by atoms with Gasteiger partial charge in [0, 0.05) is 24.7 Å². The summed E-state index contributed by atoms with van der Waals surface area (Å²) in [6.45, 7) is 5.99. The van der Waals surface area contributed by atoms with E-state index in [-0.39, 0.29) is 29.0 Å². The van der Waals surface area contributed by atoms with E-state index < -0.39 is 0 Å². The van der Waals surface area contributed by atoms with Crippen molar-refractivity contribution in [2.45, 2.75) is 84.3 Å². The van der Waals surface area contributed by atoms with Crippen molar-refractivity contribution in [3.05, 3.63) is 0 Å². The number of carbonyl (C=O) groups excluding carboxylic acids is 2. The van der Waals surface area contributed by atoms with E-state index in [0.29, 0.717) is 42.3 Å². The summed E-state index contributed by atoms with van der Waals surface area (Å²) >= 11 is 0. The van der Waals surface area contributed by atoms with Crippen LogP contribution in [-0.4, -0.2) is 29.1 Å². The van der Waals surface area contributed by atoms with E-state index in [1.165, 1.54) is 6.92 Å². The molecule has 0 aliphatic heterocycles. The van der Waals surface area contributed by atoms with Crippen LogP contribution in [0.25, 0.3) is 0 Å². The molecule has 4 nitrogen and oxygen atoms in total. The number of ketones is 1. The van der Waals surface area contributed by atoms with Crippen LogP contribution in [0, 0.1) is 34.5 Å². The number of hydrogen-bond acceptors (Lipinski definition) is 4. The van der Waals surface area contributed by atoms with Crippen LogP contribution in [0.4, 0.5) is 0 Å². The number of esters is 1. The molecule has 140 valence electrons. The molecule has 0 spiro atoms. The maximum Gasteiger partial charge on any atom is 0.302 e. The Bertz CT molecular complexity index is 586. The number of carbonyl (C=O) groups is 2. The Hall–Kier alpha value is -0.900. The first kappa shape index (κ1) is 17.5. The minimum absolute atomic E-state index is 0.120. The molecule has 8 atom stereocenters. The maximum atomic E-state index is 12.7. The lowest BCUT2D eigenvalue weighted by Gasteiger charge is -2.61. The summed E-state index contributed by atoms with van der Waals surface area (Å²) in [4.78, 5) is 24.5. The Kier molecular flexibility index (Phi) is 4.06. The third-order valence-corrected chi connectivity index (χ3v) is 8.57. The highest BCUT2D eigenvalue weighted by molar-refractivity contribution is 5.87. The van der Waals surface area contributed by atoms with Gasteiger partial charge in [-0.1, -0.05) is 13.8 Å². The third kappa shape index (κ3) is 2.50. The molecule has 0 aromatic rings. The number of Topliss-reactive ketones (excluding diaryl/α,β-unsaturated/α-hetero) is 1. The zero-order valence-corrected chi connectivity index (χ0v) is 15.8. The van der Waals surface area contributed by atoms with Crippen LogP contribution in [0.5, 0.6) is 0 Å². The molecule has 4 heteroatoms. The molecule has 0 bridgehead atoms. The van der Waals surface area contributed by atoms with Gasteiger partial charge in [0.15, 0.2) is 0 Å². The fraction of sp³-hybridized carbons (Fsp3) is 0.905. The monoisotopic (exact) mass is 348 g/mol. The summed E-state index contributed by atoms with van der Waals surface area (Å²) in [5, 5.41) is 10.2. The van der Waals surface area contributed by atoms with E-state index in [1.807, 2.05) is 0 Å². The van der Waals surface area contributed by atoms with Crippen LogP contribution in [0.3, 0.4) is 0 Å². The average Bonchev–Trinajstić information content (AvgIpc) is 2.82. The van der Waals surface area contributed by atoms with E-state index in [4.69, 9.17) is 4.74 Å². The van der Waals surface area contributed by atoms with Crippen LogP contribution in [0.2, 0.25) is 0 Å². The van der Waals surface area contributed by atoms with Crippen molar-refractivity contribution < 1.29 is 19.4 Å². The van der Waals surface area contributed by atoms with Crippen molar-refractivity contribution in [2.24, 2.45) is 34.5 Å². The summed E-state index contributed by atoms with van der Waals surface area (Å²) in [6, 6.07) is 0. The first-order valence-corrected chi connectivity index (χ1v) is 10.1. The average molecular weight is 348 g/mol. The summed E-state index contributed by atoms with van der Waals surface area (Å²) in [5.74, 6) is 1.92. The number of aliphatic hydroxyl groups excluding tert-OH is 1. The van der Waals surface area contributed by atoms with Gasteiger partial charge in [0.25, 0.3) is 0 Å². The number of hydrogen-bond donors (Lipinski definition) is 1. The van der Waals surface area contributed by atoms with Gasteiger partial charge in [-0.3, -0.25) is 9.59 Å². The molecule has 4 fully saturated rings. The van der Waals surface area contributed by atoms with E-state index in [2.05, 4.69) is 13.8 Å². The topological polar surface area (TPSA) is 63.6 Å². The Labute approximate surface area is 150 Å². The zero-order valence-electron chi connectivity index (χ0n) is 15.8. The van der Waals surface area contributed by atoms with E-state index >= 15 is 0 Å². The Morgan fingerprint density at radius 1 is 1.20 bits per heavy atom. The lowest BCUT2D eigenvalue weighted by molar-refractivity contribution is -0.194. The number of rotatable bonds is 1. The molecule has 0 aromatic heterocycles. The fourth-order valence-corrected chi connectivity index (χ4v) is 7.42. The Morgan fingerprint density at radius 3 is 2.68 bits per heavy atom. The highest BCUT2D eigenvalue weighted by atomic mass is 16.5. The fourth-order valence-electron chi connectivity index (χ4n) is 7.42. The highest BCUT2D eigenvalue weighted by Gasteiger charge is 2.64. The van der Waals surface area contributed by atoms with Gasteiger partial charge in [0.05, 0.1) is 6.10 Å². The normalized spacial score (nSPS) is 52.1. The van der Waals surface area contributed by atoms with Crippen molar-refractivity contribution in [3.8, 4) is 0 Å². The summed E-state index contributed by atoms with van der Waals surface area (Å²) in [6.07, 6.45) is 7.07. The van der Waals surface area contributed by atoms with E-state index in [1.54, 1.807) is 0 Å². The molecular formula is C21H32O4. The smallest absolute Gasteiger partial charge is 0.302 e. The molecule has 25 heavy (non-hydrogen) atoms. The molecule has 4 aliphatic rings. The third-order valence-electron chi connectivity index (χ3n) is 8.57. The molecule has 0 heterocycles. The van der Waals surface area contributed by atoms with Crippen molar-refractivity contribution in [2.75, 3.05) is 0 Å². The molecule has 1 N–H and O–H groups in total. The second kappa shape index (κ2) is 5.80. The van der Waals surface area contributed by atoms with E-state index in [0.717, 1.165) is 38.5 Å². The van der Waals surface area contributed by atoms with Gasteiger partial charge in [0.1, 0.15) is 11.9 Å². The van der Waals surface area contributed by atoms with Crippen molar-refractivity contribution in [3.63, 3.8) is 0 Å². The van der Waals surface area contributed by atoms with Gasteiger partial charge in [-0.05, 0) is 68.1 Å². The molecule has 4 saturated carbocycles. The van der Waals surface area contributed by atoms with Gasteiger partial charge in [-0.2, -0.15) is 0 Å². The molecule has 0 radical (unpaired) electrons. The Morgan fingerprint density at radius 2 is 1.96 bits per heavy atom. The lowest BCUT2D eigenvalue weighted by atomic mass is 9.44. The number of aliphatic hydroxyl groups is 1. The molecule has 0 saturated heterocycles. The van der Waals surface area contributed by atoms with Gasteiger partial charge >= 0.3 is 5.97 Å². The van der Waals surface area contributed by atoms with Crippen molar-refractivity contribution in [1.82, 2.24) is 0 Å². The van der Waals surface area contributed by atoms with Crippen molar-refractivity contribution in [1.29, 1.82) is 0 Å². The van der Waals surface area contributed by atoms with Crippen molar-refractivity contribution >= 4 is 11.8 Å². The van der Waals surface area contributed by atoms with Gasteiger partial charge in [0.2, 0.25) is 0 Å². The molecule has 4 aliphatic carbocycles.